The van der Waals surface area contributed by atoms with Crippen molar-refractivity contribution < 1.29 is 4.74 Å². The molecule has 0 saturated heterocycles. The van der Waals surface area contributed by atoms with Crippen molar-refractivity contribution in [2.75, 3.05) is 6.61 Å². The quantitative estimate of drug-likeness (QED) is 0.160. The molecule has 2 aromatic carbocycles. The van der Waals surface area contributed by atoms with Gasteiger partial charge in [0.25, 0.3) is 0 Å². The fourth-order valence-electron chi connectivity index (χ4n) is 2.01. The number of rotatable bonds is 6. The predicted molar refractivity (Wildman–Crippen MR) is 119 cm³/mol. The van der Waals surface area contributed by atoms with Crippen LogP contribution in [0.15, 0.2) is 46.6 Å². The van der Waals surface area contributed by atoms with Crippen LogP contribution in [0.3, 0.4) is 0 Å². The maximum Gasteiger partial charge on any atom is 0.213 e. The summed E-state index contributed by atoms with van der Waals surface area (Å²) in [7, 11) is 0. The molecule has 0 aliphatic carbocycles. The second-order valence-electron chi connectivity index (χ2n) is 5.26. The lowest BCUT2D eigenvalue weighted by Crippen LogP contribution is -2.04. The monoisotopic (exact) mass is 466 g/mol. The second kappa shape index (κ2) is 14.8. The predicted octanol–water partition coefficient (Wildman–Crippen LogP) is 6.96. The van der Waals surface area contributed by atoms with Crippen LogP contribution in [0.5, 0.6) is 0 Å². The van der Waals surface area contributed by atoms with Crippen LogP contribution >= 0.6 is 35.6 Å². The molecular formula is C18H17Cl3N8O. The average Bonchev–Trinajstić information content (AvgIpc) is 2.72. The highest BCUT2D eigenvalue weighted by atomic mass is 35.5. The van der Waals surface area contributed by atoms with Crippen molar-refractivity contribution in [1.29, 1.82) is 10.7 Å². The maximum atomic E-state index is 8.54. The number of nitriles is 1. The summed E-state index contributed by atoms with van der Waals surface area (Å²) in [5.41, 5.74) is 18.8. The topological polar surface area (TPSA) is 154 Å². The van der Waals surface area contributed by atoms with Crippen molar-refractivity contribution in [3.8, 4) is 6.07 Å². The van der Waals surface area contributed by atoms with Crippen molar-refractivity contribution in [2.45, 2.75) is 20.0 Å². The SMILES string of the molecule is CCOC(=N)c1ccc(CN=[N+]=[N-])c(Cl)c1.Cl.N#Cc1ccc(CN=[N+]=[N-])c(Cl)c1. The van der Waals surface area contributed by atoms with Gasteiger partial charge in [-0.25, -0.2) is 0 Å². The molecule has 0 aliphatic rings. The highest BCUT2D eigenvalue weighted by molar-refractivity contribution is 6.32. The summed E-state index contributed by atoms with van der Waals surface area (Å²) in [6.07, 6.45) is 0. The van der Waals surface area contributed by atoms with E-state index >= 15 is 0 Å². The number of ether oxygens (including phenoxy) is 1. The summed E-state index contributed by atoms with van der Waals surface area (Å²) in [5.74, 6) is 0.0831. The summed E-state index contributed by atoms with van der Waals surface area (Å²) < 4.78 is 5.05. The minimum atomic E-state index is 0. The Bertz CT molecular complexity index is 1010. The van der Waals surface area contributed by atoms with E-state index in [2.05, 4.69) is 20.1 Å². The van der Waals surface area contributed by atoms with E-state index in [0.29, 0.717) is 27.8 Å². The Morgan fingerprint density at radius 1 is 1.07 bits per heavy atom. The summed E-state index contributed by atoms with van der Waals surface area (Å²) in [5, 5.41) is 23.8. The number of nitrogens with zero attached hydrogens (tertiary/aromatic N) is 7. The van der Waals surface area contributed by atoms with Gasteiger partial charge in [-0.05, 0) is 53.4 Å². The molecule has 30 heavy (non-hydrogen) atoms. The average molecular weight is 468 g/mol. The Hall–Kier alpha value is -3.11. The standard InChI is InChI=1S/C10H11ClN4O.C8H5ClN4.ClH/c1-2-16-10(12)7-3-4-8(6-14-15-13)9(11)5-7;9-8-3-6(4-10)1-2-7(8)5-12-13-11;/h3-5,12H,2,6H2,1H3;1-3H,5H2;1H. The number of halogens is 3. The summed E-state index contributed by atoms with van der Waals surface area (Å²) in [6, 6.07) is 11.9. The molecule has 2 rings (SSSR count). The van der Waals surface area contributed by atoms with Crippen molar-refractivity contribution in [3.63, 3.8) is 0 Å². The van der Waals surface area contributed by atoms with Crippen LogP contribution in [-0.4, -0.2) is 12.5 Å². The molecule has 0 saturated carbocycles. The van der Waals surface area contributed by atoms with Crippen LogP contribution in [0.4, 0.5) is 0 Å². The molecule has 0 atom stereocenters. The third kappa shape index (κ3) is 8.93. The van der Waals surface area contributed by atoms with Gasteiger partial charge in [-0.15, -0.1) is 12.4 Å². The lowest BCUT2D eigenvalue weighted by atomic mass is 10.1. The number of hydrogen-bond donors (Lipinski definition) is 1. The van der Waals surface area contributed by atoms with Gasteiger partial charge >= 0.3 is 0 Å². The molecule has 0 unspecified atom stereocenters. The maximum absolute atomic E-state index is 8.54. The van der Waals surface area contributed by atoms with E-state index in [1.54, 1.807) is 36.4 Å². The Morgan fingerprint density at radius 2 is 1.60 bits per heavy atom. The first-order valence-electron chi connectivity index (χ1n) is 8.17. The van der Waals surface area contributed by atoms with E-state index < -0.39 is 0 Å². The van der Waals surface area contributed by atoms with Crippen molar-refractivity contribution >= 4 is 41.5 Å². The molecule has 12 heteroatoms. The number of nitrogens with one attached hydrogen (secondary N) is 1. The third-order valence-electron chi connectivity index (χ3n) is 3.39. The Morgan fingerprint density at radius 3 is 2.03 bits per heavy atom. The fraction of sp³-hybridized carbons (Fsp3) is 0.222. The fourth-order valence-corrected chi connectivity index (χ4v) is 2.49. The van der Waals surface area contributed by atoms with Crippen LogP contribution in [0.25, 0.3) is 20.9 Å². The smallest absolute Gasteiger partial charge is 0.213 e. The van der Waals surface area contributed by atoms with Gasteiger partial charge in [-0.1, -0.05) is 45.6 Å². The molecular weight excluding hydrogens is 451 g/mol. The lowest BCUT2D eigenvalue weighted by Gasteiger charge is -2.07. The lowest BCUT2D eigenvalue weighted by molar-refractivity contribution is 0.325. The largest absolute Gasteiger partial charge is 0.478 e. The molecule has 156 valence electrons. The highest BCUT2D eigenvalue weighted by Crippen LogP contribution is 2.20. The van der Waals surface area contributed by atoms with Gasteiger partial charge < -0.3 is 4.74 Å². The van der Waals surface area contributed by atoms with E-state index in [0.717, 1.165) is 11.1 Å². The molecule has 0 aromatic heterocycles. The minimum Gasteiger partial charge on any atom is -0.478 e. The first kappa shape index (κ1) is 26.9. The van der Waals surface area contributed by atoms with Gasteiger partial charge in [0.05, 0.1) is 31.3 Å². The second-order valence-corrected chi connectivity index (χ2v) is 6.08. The summed E-state index contributed by atoms with van der Waals surface area (Å²) in [6.45, 7) is 2.67. The van der Waals surface area contributed by atoms with Crippen LogP contribution in [0.1, 0.15) is 29.2 Å². The van der Waals surface area contributed by atoms with Crippen LogP contribution in [0, 0.1) is 16.7 Å². The van der Waals surface area contributed by atoms with E-state index in [-0.39, 0.29) is 31.4 Å². The third-order valence-corrected chi connectivity index (χ3v) is 4.10. The van der Waals surface area contributed by atoms with Crippen LogP contribution in [0.2, 0.25) is 10.0 Å². The zero-order chi connectivity index (χ0) is 21.6. The molecule has 1 N–H and O–H groups in total. The summed E-state index contributed by atoms with van der Waals surface area (Å²) in [4.78, 5) is 5.27. The van der Waals surface area contributed by atoms with Gasteiger partial charge in [-0.3, -0.25) is 5.41 Å². The molecule has 2 aromatic rings. The van der Waals surface area contributed by atoms with Crippen LogP contribution < -0.4 is 0 Å². The zero-order valence-corrected chi connectivity index (χ0v) is 18.1. The number of azide groups is 2. The van der Waals surface area contributed by atoms with Crippen LogP contribution in [-0.2, 0) is 17.8 Å². The molecule has 0 amide bonds. The van der Waals surface area contributed by atoms with Gasteiger partial charge in [-0.2, -0.15) is 5.26 Å². The van der Waals surface area contributed by atoms with Gasteiger partial charge in [0.15, 0.2) is 0 Å². The molecule has 9 nitrogen and oxygen atoms in total. The number of hydrogen-bond acceptors (Lipinski definition) is 5. The van der Waals surface area contributed by atoms with Crippen molar-refractivity contribution in [1.82, 2.24) is 0 Å². The highest BCUT2D eigenvalue weighted by Gasteiger charge is 2.05. The molecule has 0 aliphatic heterocycles. The van der Waals surface area contributed by atoms with Gasteiger partial charge in [0.1, 0.15) is 0 Å². The molecule has 0 fully saturated rings. The molecule has 0 radical (unpaired) electrons. The normalized spacial score (nSPS) is 8.73. The van der Waals surface area contributed by atoms with E-state index in [1.165, 1.54) is 0 Å². The van der Waals surface area contributed by atoms with Crippen molar-refractivity contribution in [3.05, 3.63) is 89.6 Å². The Balaban J connectivity index is 0.000000553. The van der Waals surface area contributed by atoms with Gasteiger partial charge in [0, 0.05) is 25.4 Å². The first-order valence-corrected chi connectivity index (χ1v) is 8.92. The zero-order valence-electron chi connectivity index (χ0n) is 15.8. The molecule has 0 spiro atoms. The minimum absolute atomic E-state index is 0. The number of benzene rings is 2. The Labute approximate surface area is 189 Å². The van der Waals surface area contributed by atoms with E-state index in [4.69, 9.17) is 49.7 Å². The Kier molecular flexibility index (Phi) is 13.3. The van der Waals surface area contributed by atoms with Crippen molar-refractivity contribution in [2.24, 2.45) is 10.2 Å². The molecule has 0 bridgehead atoms. The summed E-state index contributed by atoms with van der Waals surface area (Å²) >= 11 is 11.8. The first-order chi connectivity index (χ1) is 14.0. The van der Waals surface area contributed by atoms with E-state index in [9.17, 15) is 0 Å². The van der Waals surface area contributed by atoms with E-state index in [1.807, 2.05) is 13.0 Å². The molecule has 0 heterocycles. The van der Waals surface area contributed by atoms with Gasteiger partial charge in [0.2, 0.25) is 5.90 Å².